The van der Waals surface area contributed by atoms with Crippen LogP contribution in [-0.2, 0) is 21.1 Å². The molecule has 0 saturated carbocycles. The molecule has 7 nitrogen and oxygen atoms in total. The molecule has 3 aromatic rings. The van der Waals surface area contributed by atoms with E-state index in [1.165, 1.54) is 5.56 Å². The summed E-state index contributed by atoms with van der Waals surface area (Å²) in [5.41, 5.74) is 4.09. The molecule has 0 spiro atoms. The number of fused-ring (bicyclic) bond motifs is 3. The molecule has 33 heavy (non-hydrogen) atoms. The third-order valence-electron chi connectivity index (χ3n) is 7.00. The lowest BCUT2D eigenvalue weighted by Crippen LogP contribution is -2.47. The molecule has 4 heterocycles. The first-order chi connectivity index (χ1) is 16.0. The van der Waals surface area contributed by atoms with Gasteiger partial charge in [0.15, 0.2) is 9.84 Å². The molecular formula is C25H28N4O3S. The van der Waals surface area contributed by atoms with Crippen molar-refractivity contribution in [1.82, 2.24) is 10.3 Å². The van der Waals surface area contributed by atoms with Crippen molar-refractivity contribution in [1.29, 1.82) is 0 Å². The zero-order chi connectivity index (χ0) is 22.6. The Labute approximate surface area is 194 Å². The van der Waals surface area contributed by atoms with Crippen LogP contribution in [0.4, 0.5) is 11.5 Å². The van der Waals surface area contributed by atoms with Gasteiger partial charge >= 0.3 is 0 Å². The minimum absolute atomic E-state index is 0.0819. The van der Waals surface area contributed by atoms with Crippen LogP contribution in [0.5, 0.6) is 0 Å². The standard InChI is InChI=1S/C25H28N4O3S/c1-17-6-7-20-19(12-17)22(29-15-21-23(16-29)32-10-8-26-21)13-25(27-20)28-9-11-33(30,31)24-5-3-2-4-18(24)14-28/h2-7,12-13,21,23,26H,8-11,14-16H2,1H3/t21-,23+/m0/s1. The fourth-order valence-electron chi connectivity index (χ4n) is 5.28. The van der Waals surface area contributed by atoms with Gasteiger partial charge in [-0.2, -0.15) is 0 Å². The van der Waals surface area contributed by atoms with Gasteiger partial charge in [0.05, 0.1) is 34.9 Å². The van der Waals surface area contributed by atoms with E-state index in [4.69, 9.17) is 9.72 Å². The lowest BCUT2D eigenvalue weighted by atomic mass is 10.1. The first-order valence-corrected chi connectivity index (χ1v) is 13.2. The SMILES string of the molecule is Cc1ccc2nc(N3CCS(=O)(=O)c4ccccc4C3)cc(N3C[C@@H]4NCCO[C@@H]4C3)c2c1. The van der Waals surface area contributed by atoms with Crippen LogP contribution in [0.3, 0.4) is 0 Å². The number of sulfone groups is 1. The van der Waals surface area contributed by atoms with E-state index in [1.54, 1.807) is 12.1 Å². The average molecular weight is 465 g/mol. The van der Waals surface area contributed by atoms with Crippen molar-refractivity contribution in [2.24, 2.45) is 0 Å². The van der Waals surface area contributed by atoms with Crippen molar-refractivity contribution in [3.8, 4) is 0 Å². The summed E-state index contributed by atoms with van der Waals surface area (Å²) in [6.07, 6.45) is 0.186. The highest BCUT2D eigenvalue weighted by Gasteiger charge is 2.36. The first kappa shape index (κ1) is 20.9. The Kier molecular flexibility index (Phi) is 5.05. The van der Waals surface area contributed by atoms with E-state index in [0.29, 0.717) is 24.0 Å². The van der Waals surface area contributed by atoms with Crippen molar-refractivity contribution < 1.29 is 13.2 Å². The topological polar surface area (TPSA) is 74.8 Å². The normalized spacial score (nSPS) is 24.4. The summed E-state index contributed by atoms with van der Waals surface area (Å²) in [5, 5.41) is 4.71. The molecule has 1 N–H and O–H groups in total. The van der Waals surface area contributed by atoms with Crippen LogP contribution in [0.25, 0.3) is 10.9 Å². The van der Waals surface area contributed by atoms with Crippen LogP contribution in [0.15, 0.2) is 53.4 Å². The summed E-state index contributed by atoms with van der Waals surface area (Å²) < 4.78 is 31.7. The van der Waals surface area contributed by atoms with Gasteiger partial charge in [0.1, 0.15) is 5.82 Å². The van der Waals surface area contributed by atoms with E-state index in [9.17, 15) is 8.42 Å². The molecule has 6 rings (SSSR count). The Morgan fingerprint density at radius 3 is 2.85 bits per heavy atom. The maximum Gasteiger partial charge on any atom is 0.180 e. The quantitative estimate of drug-likeness (QED) is 0.625. The average Bonchev–Trinajstić information content (AvgIpc) is 3.19. The maximum absolute atomic E-state index is 12.9. The Hall–Kier alpha value is -2.68. The van der Waals surface area contributed by atoms with Crippen molar-refractivity contribution >= 4 is 32.2 Å². The molecule has 0 bridgehead atoms. The van der Waals surface area contributed by atoms with Crippen LogP contribution in [0.1, 0.15) is 11.1 Å². The van der Waals surface area contributed by atoms with Gasteiger partial charge < -0.3 is 19.9 Å². The molecule has 1 aromatic heterocycles. The van der Waals surface area contributed by atoms with Crippen LogP contribution < -0.4 is 15.1 Å². The number of rotatable bonds is 2. The number of anilines is 2. The second-order valence-electron chi connectivity index (χ2n) is 9.24. The third-order valence-corrected chi connectivity index (χ3v) is 8.79. The maximum atomic E-state index is 12.9. The summed E-state index contributed by atoms with van der Waals surface area (Å²) in [6, 6.07) is 16.1. The molecule has 172 valence electrons. The number of ether oxygens (including phenoxy) is 1. The smallest absolute Gasteiger partial charge is 0.180 e. The minimum atomic E-state index is -3.31. The van der Waals surface area contributed by atoms with Crippen molar-refractivity contribution in [2.75, 3.05) is 48.3 Å². The van der Waals surface area contributed by atoms with Gasteiger partial charge in [0.2, 0.25) is 0 Å². The number of morpholine rings is 1. The lowest BCUT2D eigenvalue weighted by molar-refractivity contribution is 0.0212. The summed E-state index contributed by atoms with van der Waals surface area (Å²) in [7, 11) is -3.31. The van der Waals surface area contributed by atoms with E-state index in [0.717, 1.165) is 54.2 Å². The number of benzene rings is 2. The highest BCUT2D eigenvalue weighted by atomic mass is 32.2. The molecule has 0 amide bonds. The van der Waals surface area contributed by atoms with Gasteiger partial charge in [0.25, 0.3) is 0 Å². The van der Waals surface area contributed by atoms with Gasteiger partial charge in [0, 0.05) is 49.9 Å². The molecular weight excluding hydrogens is 436 g/mol. The zero-order valence-corrected chi connectivity index (χ0v) is 19.5. The van der Waals surface area contributed by atoms with E-state index in [2.05, 4.69) is 46.3 Å². The molecule has 0 unspecified atom stereocenters. The Morgan fingerprint density at radius 2 is 1.97 bits per heavy atom. The van der Waals surface area contributed by atoms with Gasteiger partial charge in [-0.3, -0.25) is 0 Å². The minimum Gasteiger partial charge on any atom is -0.373 e. The van der Waals surface area contributed by atoms with Crippen LogP contribution in [0.2, 0.25) is 0 Å². The van der Waals surface area contributed by atoms with Crippen molar-refractivity contribution in [3.63, 3.8) is 0 Å². The van der Waals surface area contributed by atoms with Gasteiger partial charge in [-0.15, -0.1) is 0 Å². The molecule has 2 saturated heterocycles. The third kappa shape index (κ3) is 3.76. The van der Waals surface area contributed by atoms with E-state index in [-0.39, 0.29) is 11.9 Å². The van der Waals surface area contributed by atoms with E-state index >= 15 is 0 Å². The second kappa shape index (κ2) is 7.97. The highest BCUT2D eigenvalue weighted by molar-refractivity contribution is 7.91. The predicted molar refractivity (Wildman–Crippen MR) is 130 cm³/mol. The lowest BCUT2D eigenvalue weighted by Gasteiger charge is -2.26. The second-order valence-corrected chi connectivity index (χ2v) is 11.3. The summed E-state index contributed by atoms with van der Waals surface area (Å²) in [4.78, 5) is 9.92. The number of nitrogens with one attached hydrogen (secondary N) is 1. The fraction of sp³-hybridized carbons (Fsp3) is 0.400. The van der Waals surface area contributed by atoms with Gasteiger partial charge in [-0.1, -0.05) is 29.8 Å². The van der Waals surface area contributed by atoms with Gasteiger partial charge in [-0.25, -0.2) is 13.4 Å². The molecule has 3 aliphatic heterocycles. The molecule has 0 radical (unpaired) electrons. The molecule has 8 heteroatoms. The number of nitrogens with zero attached hydrogens (tertiary/aromatic N) is 3. The van der Waals surface area contributed by atoms with Gasteiger partial charge in [-0.05, 0) is 30.7 Å². The largest absolute Gasteiger partial charge is 0.373 e. The number of pyridine rings is 1. The summed E-state index contributed by atoms with van der Waals surface area (Å²) in [5.74, 6) is 0.899. The number of hydrogen-bond donors (Lipinski definition) is 1. The summed E-state index contributed by atoms with van der Waals surface area (Å²) >= 11 is 0. The molecule has 2 atom stereocenters. The molecule has 2 aromatic carbocycles. The fourth-order valence-corrected chi connectivity index (χ4v) is 6.78. The predicted octanol–water partition coefficient (Wildman–Crippen LogP) is 2.51. The van der Waals surface area contributed by atoms with Crippen LogP contribution >= 0.6 is 0 Å². The zero-order valence-electron chi connectivity index (χ0n) is 18.7. The van der Waals surface area contributed by atoms with Crippen LogP contribution in [-0.4, -0.2) is 64.1 Å². The van der Waals surface area contributed by atoms with E-state index in [1.807, 2.05) is 12.1 Å². The Balaban J connectivity index is 1.43. The van der Waals surface area contributed by atoms with Crippen LogP contribution in [0, 0.1) is 6.92 Å². The van der Waals surface area contributed by atoms with E-state index < -0.39 is 9.84 Å². The van der Waals surface area contributed by atoms with Crippen molar-refractivity contribution in [3.05, 3.63) is 59.7 Å². The molecule has 3 aliphatic rings. The number of aryl methyl sites for hydroxylation is 1. The molecule has 0 aliphatic carbocycles. The molecule has 2 fully saturated rings. The monoisotopic (exact) mass is 464 g/mol. The summed E-state index contributed by atoms with van der Waals surface area (Å²) in [6.45, 7) is 6.39. The van der Waals surface area contributed by atoms with Crippen molar-refractivity contribution in [2.45, 2.75) is 30.5 Å². The first-order valence-electron chi connectivity index (χ1n) is 11.5. The Morgan fingerprint density at radius 1 is 1.09 bits per heavy atom. The number of aromatic nitrogens is 1. The Bertz CT molecular complexity index is 1310. The number of hydrogen-bond acceptors (Lipinski definition) is 7. The highest BCUT2D eigenvalue weighted by Crippen LogP contribution is 2.35.